The van der Waals surface area contributed by atoms with E-state index in [1.54, 1.807) is 19.9 Å². The molecule has 1 fully saturated rings. The fourth-order valence-corrected chi connectivity index (χ4v) is 4.27. The molecule has 2 rings (SSSR count). The molecule has 1 aromatic rings. The zero-order chi connectivity index (χ0) is 15.1. The fourth-order valence-electron chi connectivity index (χ4n) is 2.34. The number of carbonyl (C=O) groups excluding carboxylic acids is 1. The van der Waals surface area contributed by atoms with Crippen LogP contribution in [0.1, 0.15) is 18.1 Å². The summed E-state index contributed by atoms with van der Waals surface area (Å²) >= 11 is 0. The lowest BCUT2D eigenvalue weighted by Gasteiger charge is -2.32. The summed E-state index contributed by atoms with van der Waals surface area (Å²) in [4.78, 5) is 11.8. The summed E-state index contributed by atoms with van der Waals surface area (Å²) in [7, 11) is -3.73. The number of hydrogen-bond donors (Lipinski definition) is 2. The number of anilines is 1. The fraction of sp³-hybridized carbons (Fsp3) is 0.462. The number of nitrogens with one attached hydrogen (secondary N) is 1. The van der Waals surface area contributed by atoms with E-state index in [4.69, 9.17) is 5.73 Å². The van der Waals surface area contributed by atoms with Gasteiger partial charge in [-0.15, -0.1) is 0 Å². The SMILES string of the molecule is Cc1cc(N)cc(S(=O)(=O)N2CCNC(=O)C2C)c1C. The number of rotatable bonds is 2. The molecule has 1 unspecified atom stereocenters. The van der Waals surface area contributed by atoms with Crippen molar-refractivity contribution in [3.63, 3.8) is 0 Å². The van der Waals surface area contributed by atoms with Crippen molar-refractivity contribution in [2.24, 2.45) is 0 Å². The van der Waals surface area contributed by atoms with Crippen molar-refractivity contribution < 1.29 is 13.2 Å². The summed E-state index contributed by atoms with van der Waals surface area (Å²) in [6, 6.07) is 2.48. The maximum Gasteiger partial charge on any atom is 0.244 e. The predicted molar refractivity (Wildman–Crippen MR) is 76.7 cm³/mol. The van der Waals surface area contributed by atoms with Crippen LogP contribution in [0.15, 0.2) is 17.0 Å². The van der Waals surface area contributed by atoms with Gasteiger partial charge in [-0.2, -0.15) is 4.31 Å². The van der Waals surface area contributed by atoms with Gasteiger partial charge in [0.15, 0.2) is 0 Å². The zero-order valence-electron chi connectivity index (χ0n) is 11.8. The predicted octanol–water partition coefficient (Wildman–Crippen LogP) is 0.395. The Kier molecular flexibility index (Phi) is 3.75. The molecule has 3 N–H and O–H groups in total. The van der Waals surface area contributed by atoms with Crippen molar-refractivity contribution in [2.45, 2.75) is 31.7 Å². The van der Waals surface area contributed by atoms with Gasteiger partial charge >= 0.3 is 0 Å². The Labute approximate surface area is 119 Å². The lowest BCUT2D eigenvalue weighted by Crippen LogP contribution is -2.55. The Balaban J connectivity index is 2.53. The van der Waals surface area contributed by atoms with E-state index in [0.717, 1.165) is 5.56 Å². The molecular weight excluding hydrogens is 278 g/mol. The number of benzene rings is 1. The molecule has 1 saturated heterocycles. The number of aryl methyl sites for hydroxylation is 1. The van der Waals surface area contributed by atoms with E-state index < -0.39 is 16.1 Å². The number of nitrogens with two attached hydrogens (primary N) is 1. The van der Waals surface area contributed by atoms with Crippen LogP contribution in [0.3, 0.4) is 0 Å². The molecule has 1 aliphatic heterocycles. The van der Waals surface area contributed by atoms with Crippen LogP contribution in [0.2, 0.25) is 0 Å². The molecule has 0 aliphatic carbocycles. The van der Waals surface area contributed by atoms with Crippen LogP contribution in [-0.4, -0.2) is 37.8 Å². The van der Waals surface area contributed by atoms with E-state index >= 15 is 0 Å². The second kappa shape index (κ2) is 5.06. The third-order valence-electron chi connectivity index (χ3n) is 3.67. The molecule has 1 amide bonds. The van der Waals surface area contributed by atoms with Crippen LogP contribution >= 0.6 is 0 Å². The minimum Gasteiger partial charge on any atom is -0.399 e. The molecule has 110 valence electrons. The molecule has 1 aliphatic rings. The lowest BCUT2D eigenvalue weighted by molar-refractivity contribution is -0.126. The molecule has 0 aromatic heterocycles. The van der Waals surface area contributed by atoms with Crippen LogP contribution in [0.4, 0.5) is 5.69 Å². The van der Waals surface area contributed by atoms with Crippen molar-refractivity contribution in [3.8, 4) is 0 Å². The highest BCUT2D eigenvalue weighted by Crippen LogP contribution is 2.27. The average molecular weight is 297 g/mol. The Morgan fingerprint density at radius 3 is 2.65 bits per heavy atom. The lowest BCUT2D eigenvalue weighted by atomic mass is 10.1. The number of carbonyl (C=O) groups is 1. The van der Waals surface area contributed by atoms with Crippen molar-refractivity contribution in [2.75, 3.05) is 18.8 Å². The van der Waals surface area contributed by atoms with Gasteiger partial charge in [-0.1, -0.05) is 0 Å². The van der Waals surface area contributed by atoms with E-state index in [-0.39, 0.29) is 17.3 Å². The minimum absolute atomic E-state index is 0.177. The van der Waals surface area contributed by atoms with Gasteiger partial charge in [-0.05, 0) is 44.0 Å². The third-order valence-corrected chi connectivity index (χ3v) is 5.77. The van der Waals surface area contributed by atoms with Crippen LogP contribution in [0.5, 0.6) is 0 Å². The van der Waals surface area contributed by atoms with Crippen molar-refractivity contribution in [1.29, 1.82) is 0 Å². The first-order valence-corrected chi connectivity index (χ1v) is 7.85. The minimum atomic E-state index is -3.73. The molecule has 0 radical (unpaired) electrons. The summed E-state index contributed by atoms with van der Waals surface area (Å²) < 4.78 is 26.7. The van der Waals surface area contributed by atoms with Gasteiger partial charge in [0.2, 0.25) is 15.9 Å². The van der Waals surface area contributed by atoms with Crippen LogP contribution < -0.4 is 11.1 Å². The van der Waals surface area contributed by atoms with Gasteiger partial charge in [-0.3, -0.25) is 4.79 Å². The van der Waals surface area contributed by atoms with E-state index in [9.17, 15) is 13.2 Å². The summed E-state index contributed by atoms with van der Waals surface area (Å²) in [6.45, 7) is 5.74. The highest BCUT2D eigenvalue weighted by Gasteiger charge is 2.36. The first-order valence-electron chi connectivity index (χ1n) is 6.41. The highest BCUT2D eigenvalue weighted by molar-refractivity contribution is 7.89. The van der Waals surface area contributed by atoms with E-state index in [2.05, 4.69) is 5.32 Å². The smallest absolute Gasteiger partial charge is 0.244 e. The molecule has 7 heteroatoms. The maximum absolute atomic E-state index is 12.8. The van der Waals surface area contributed by atoms with Crippen LogP contribution in [0, 0.1) is 13.8 Å². The Bertz CT molecular complexity index is 655. The summed E-state index contributed by atoms with van der Waals surface area (Å²) in [5.41, 5.74) is 7.64. The zero-order valence-corrected chi connectivity index (χ0v) is 12.6. The van der Waals surface area contributed by atoms with Gasteiger partial charge in [-0.25, -0.2) is 8.42 Å². The van der Waals surface area contributed by atoms with Crippen molar-refractivity contribution >= 4 is 21.6 Å². The Hall–Kier alpha value is -1.60. The van der Waals surface area contributed by atoms with Gasteiger partial charge in [0.1, 0.15) is 6.04 Å². The Morgan fingerprint density at radius 2 is 2.00 bits per heavy atom. The second-order valence-electron chi connectivity index (χ2n) is 5.04. The van der Waals surface area contributed by atoms with E-state index in [0.29, 0.717) is 17.8 Å². The first-order chi connectivity index (χ1) is 9.25. The summed E-state index contributed by atoms with van der Waals surface area (Å²) in [6.07, 6.45) is 0. The molecule has 1 aromatic carbocycles. The first kappa shape index (κ1) is 14.8. The maximum atomic E-state index is 12.8. The molecule has 0 spiro atoms. The molecule has 1 atom stereocenters. The topological polar surface area (TPSA) is 92.5 Å². The molecule has 0 bridgehead atoms. The van der Waals surface area contributed by atoms with Crippen molar-refractivity contribution in [1.82, 2.24) is 9.62 Å². The number of nitrogens with zero attached hydrogens (tertiary/aromatic N) is 1. The van der Waals surface area contributed by atoms with Gasteiger partial charge in [0.05, 0.1) is 4.90 Å². The molecular formula is C13H19N3O3S. The summed E-state index contributed by atoms with van der Waals surface area (Å²) in [5, 5.41) is 2.65. The number of hydrogen-bond acceptors (Lipinski definition) is 4. The van der Waals surface area contributed by atoms with Gasteiger partial charge in [0, 0.05) is 18.8 Å². The van der Waals surface area contributed by atoms with E-state index in [1.165, 1.54) is 10.4 Å². The quantitative estimate of drug-likeness (QED) is 0.773. The standard InChI is InChI=1S/C13H19N3O3S/c1-8-6-11(14)7-12(9(8)2)20(18,19)16-5-4-15-13(17)10(16)3/h6-7,10H,4-5,14H2,1-3H3,(H,15,17). The van der Waals surface area contributed by atoms with Crippen molar-refractivity contribution in [3.05, 3.63) is 23.3 Å². The van der Waals surface area contributed by atoms with E-state index in [1.807, 2.05) is 6.92 Å². The number of sulfonamides is 1. The van der Waals surface area contributed by atoms with Crippen LogP contribution in [-0.2, 0) is 14.8 Å². The largest absolute Gasteiger partial charge is 0.399 e. The number of amides is 1. The van der Waals surface area contributed by atoms with Crippen LogP contribution in [0.25, 0.3) is 0 Å². The normalized spacial score (nSPS) is 20.8. The molecule has 20 heavy (non-hydrogen) atoms. The molecule has 1 heterocycles. The summed E-state index contributed by atoms with van der Waals surface area (Å²) in [5.74, 6) is -0.280. The number of nitrogen functional groups attached to an aromatic ring is 1. The molecule has 6 nitrogen and oxygen atoms in total. The Morgan fingerprint density at radius 1 is 1.35 bits per heavy atom. The number of piperazine rings is 1. The molecule has 0 saturated carbocycles. The highest BCUT2D eigenvalue weighted by atomic mass is 32.2. The third kappa shape index (κ3) is 2.38. The monoisotopic (exact) mass is 297 g/mol. The van der Waals surface area contributed by atoms with Gasteiger partial charge < -0.3 is 11.1 Å². The average Bonchev–Trinajstić information content (AvgIpc) is 2.36. The second-order valence-corrected chi connectivity index (χ2v) is 6.90. The van der Waals surface area contributed by atoms with Gasteiger partial charge in [0.25, 0.3) is 0 Å².